The smallest absolute Gasteiger partial charge is 0.261 e. The number of amides is 1. The lowest BCUT2D eigenvalue weighted by atomic mass is 9.95. The van der Waals surface area contributed by atoms with Crippen molar-refractivity contribution in [2.24, 2.45) is 11.8 Å². The number of hydrogen-bond acceptors (Lipinski definition) is 3. The summed E-state index contributed by atoms with van der Waals surface area (Å²) in [6.45, 7) is 1.94. The average molecular weight is 385 g/mol. The molecule has 2 saturated carbocycles. The summed E-state index contributed by atoms with van der Waals surface area (Å²) in [6, 6.07) is 13.6. The molecule has 2 bridgehead atoms. The van der Waals surface area contributed by atoms with Crippen LogP contribution in [0.2, 0.25) is 0 Å². The van der Waals surface area contributed by atoms with E-state index in [9.17, 15) is 13.2 Å². The van der Waals surface area contributed by atoms with Crippen LogP contribution in [0.25, 0.3) is 0 Å². The zero-order chi connectivity index (χ0) is 19.0. The molecule has 142 valence electrons. The predicted molar refractivity (Wildman–Crippen MR) is 105 cm³/mol. The largest absolute Gasteiger partial charge is 0.349 e. The summed E-state index contributed by atoms with van der Waals surface area (Å²) in [5, 5.41) is 3.11. The highest BCUT2D eigenvalue weighted by Crippen LogP contribution is 2.44. The van der Waals surface area contributed by atoms with Crippen LogP contribution in [0.5, 0.6) is 0 Å². The fraction of sp³-hybridized carbons (Fsp3) is 0.381. The Morgan fingerprint density at radius 2 is 1.81 bits per heavy atom. The van der Waals surface area contributed by atoms with Crippen LogP contribution in [0, 0.1) is 18.8 Å². The molecule has 3 atom stereocenters. The number of nitrogens with one attached hydrogen (secondary N) is 2. The molecular weight excluding hydrogens is 360 g/mol. The molecule has 5 nitrogen and oxygen atoms in total. The predicted octanol–water partition coefficient (Wildman–Crippen LogP) is 3.71. The number of hydrogen-bond donors (Lipinski definition) is 2. The van der Waals surface area contributed by atoms with E-state index in [0.717, 1.165) is 17.9 Å². The Hall–Kier alpha value is -2.34. The highest BCUT2D eigenvalue weighted by Gasteiger charge is 2.40. The van der Waals surface area contributed by atoms with Crippen LogP contribution in [0.4, 0.5) is 5.69 Å². The van der Waals surface area contributed by atoms with E-state index in [0.29, 0.717) is 17.2 Å². The number of carbonyl (C=O) groups is 1. The van der Waals surface area contributed by atoms with Crippen LogP contribution in [0.15, 0.2) is 53.4 Å². The van der Waals surface area contributed by atoms with Gasteiger partial charge in [0, 0.05) is 17.3 Å². The number of fused-ring (bicyclic) bond motifs is 2. The standard InChI is InChI=1S/C21H24N2O3S/c1-14-5-9-18(10-6-14)23-27(25,26)19-4-2-3-17(13-19)21(24)22-20-12-15-7-8-16(20)11-15/h2-6,9-10,13,15-16,20,23H,7-8,11-12H2,1H3,(H,22,24)/t15-,16+,20+/m0/s1. The van der Waals surface area contributed by atoms with Crippen LogP contribution in [0.3, 0.4) is 0 Å². The molecule has 0 spiro atoms. The van der Waals surface area contributed by atoms with E-state index >= 15 is 0 Å². The van der Waals surface area contributed by atoms with Gasteiger partial charge in [0.15, 0.2) is 0 Å². The van der Waals surface area contributed by atoms with Gasteiger partial charge in [0.25, 0.3) is 15.9 Å². The van der Waals surface area contributed by atoms with Crippen LogP contribution in [0.1, 0.15) is 41.6 Å². The van der Waals surface area contributed by atoms with Gasteiger partial charge in [0.05, 0.1) is 4.90 Å². The highest BCUT2D eigenvalue weighted by molar-refractivity contribution is 7.92. The first-order valence-electron chi connectivity index (χ1n) is 9.41. The molecule has 27 heavy (non-hydrogen) atoms. The normalized spacial score (nSPS) is 24.0. The summed E-state index contributed by atoms with van der Waals surface area (Å²) in [5.74, 6) is 1.12. The molecular formula is C21H24N2O3S. The van der Waals surface area contributed by atoms with Crippen molar-refractivity contribution >= 4 is 21.6 Å². The van der Waals surface area contributed by atoms with Crippen molar-refractivity contribution in [1.29, 1.82) is 0 Å². The van der Waals surface area contributed by atoms with Gasteiger partial charge in [-0.1, -0.05) is 30.2 Å². The third-order valence-corrected chi connectivity index (χ3v) is 7.14. The summed E-state index contributed by atoms with van der Waals surface area (Å²) in [7, 11) is -3.75. The maximum atomic E-state index is 12.7. The topological polar surface area (TPSA) is 75.3 Å². The number of sulfonamides is 1. The molecule has 2 aliphatic rings. The van der Waals surface area contributed by atoms with Crippen molar-refractivity contribution in [3.63, 3.8) is 0 Å². The van der Waals surface area contributed by atoms with E-state index in [1.807, 2.05) is 19.1 Å². The fourth-order valence-electron chi connectivity index (χ4n) is 4.31. The number of carbonyl (C=O) groups excluding carboxylic acids is 1. The minimum Gasteiger partial charge on any atom is -0.349 e. The lowest BCUT2D eigenvalue weighted by Gasteiger charge is -2.23. The Bertz CT molecular complexity index is 954. The molecule has 0 unspecified atom stereocenters. The summed E-state index contributed by atoms with van der Waals surface area (Å²) in [4.78, 5) is 12.7. The minimum atomic E-state index is -3.75. The van der Waals surface area contributed by atoms with Crippen molar-refractivity contribution in [1.82, 2.24) is 5.32 Å². The van der Waals surface area contributed by atoms with Crippen molar-refractivity contribution < 1.29 is 13.2 Å². The van der Waals surface area contributed by atoms with Gasteiger partial charge in [-0.3, -0.25) is 9.52 Å². The molecule has 2 N–H and O–H groups in total. The summed E-state index contributed by atoms with van der Waals surface area (Å²) in [6.07, 6.45) is 4.71. The Labute approximate surface area is 160 Å². The van der Waals surface area contributed by atoms with Gasteiger partial charge >= 0.3 is 0 Å². The second-order valence-electron chi connectivity index (χ2n) is 7.75. The molecule has 2 aliphatic carbocycles. The molecule has 0 heterocycles. The van der Waals surface area contributed by atoms with Crippen LogP contribution in [-0.2, 0) is 10.0 Å². The maximum absolute atomic E-state index is 12.7. The van der Waals surface area contributed by atoms with Crippen molar-refractivity contribution in [3.05, 3.63) is 59.7 Å². The second-order valence-corrected chi connectivity index (χ2v) is 9.44. The Balaban J connectivity index is 1.49. The SMILES string of the molecule is Cc1ccc(NS(=O)(=O)c2cccc(C(=O)N[C@@H]3C[C@H]4CC[C@@H]3C4)c2)cc1. The molecule has 0 aliphatic heterocycles. The van der Waals surface area contributed by atoms with Crippen molar-refractivity contribution in [2.75, 3.05) is 4.72 Å². The first kappa shape index (κ1) is 18.0. The van der Waals surface area contributed by atoms with E-state index in [4.69, 9.17) is 0 Å². The lowest BCUT2D eigenvalue weighted by Crippen LogP contribution is -2.38. The third kappa shape index (κ3) is 3.86. The molecule has 2 aromatic carbocycles. The van der Waals surface area contributed by atoms with E-state index in [2.05, 4.69) is 10.0 Å². The quantitative estimate of drug-likeness (QED) is 0.825. The highest BCUT2D eigenvalue weighted by atomic mass is 32.2. The van der Waals surface area contributed by atoms with Gasteiger partial charge in [0.2, 0.25) is 0 Å². The van der Waals surface area contributed by atoms with Gasteiger partial charge in [-0.25, -0.2) is 8.42 Å². The van der Waals surface area contributed by atoms with Crippen molar-refractivity contribution in [2.45, 2.75) is 43.5 Å². The van der Waals surface area contributed by atoms with Gasteiger partial charge in [-0.05, 0) is 68.4 Å². The summed E-state index contributed by atoms with van der Waals surface area (Å²) >= 11 is 0. The Morgan fingerprint density at radius 1 is 1.04 bits per heavy atom. The van der Waals surface area contributed by atoms with Gasteiger partial charge in [0.1, 0.15) is 0 Å². The number of aryl methyl sites for hydroxylation is 1. The van der Waals surface area contributed by atoms with E-state index in [-0.39, 0.29) is 16.8 Å². The molecule has 0 saturated heterocycles. The van der Waals surface area contributed by atoms with Crippen molar-refractivity contribution in [3.8, 4) is 0 Å². The molecule has 0 radical (unpaired) electrons. The lowest BCUT2D eigenvalue weighted by molar-refractivity contribution is 0.0922. The minimum absolute atomic E-state index is 0.0867. The second kappa shape index (κ2) is 7.00. The Kier molecular flexibility index (Phi) is 4.68. The van der Waals surface area contributed by atoms with E-state index in [1.54, 1.807) is 24.3 Å². The number of benzene rings is 2. The van der Waals surface area contributed by atoms with Crippen LogP contribution in [-0.4, -0.2) is 20.4 Å². The maximum Gasteiger partial charge on any atom is 0.261 e. The molecule has 0 aromatic heterocycles. The van der Waals surface area contributed by atoms with Gasteiger partial charge < -0.3 is 5.32 Å². The van der Waals surface area contributed by atoms with Crippen LogP contribution >= 0.6 is 0 Å². The number of rotatable bonds is 5. The monoisotopic (exact) mass is 384 g/mol. The van der Waals surface area contributed by atoms with Crippen LogP contribution < -0.4 is 10.0 Å². The molecule has 2 aromatic rings. The Morgan fingerprint density at radius 3 is 2.48 bits per heavy atom. The first-order chi connectivity index (χ1) is 12.9. The van der Waals surface area contributed by atoms with E-state index in [1.165, 1.54) is 31.4 Å². The molecule has 2 fully saturated rings. The zero-order valence-electron chi connectivity index (χ0n) is 15.3. The van der Waals surface area contributed by atoms with Gasteiger partial charge in [-0.15, -0.1) is 0 Å². The summed E-state index contributed by atoms with van der Waals surface area (Å²) in [5.41, 5.74) is 1.93. The first-order valence-corrected chi connectivity index (χ1v) is 10.9. The fourth-order valence-corrected chi connectivity index (χ4v) is 5.42. The molecule has 1 amide bonds. The summed E-state index contributed by atoms with van der Waals surface area (Å²) < 4.78 is 27.9. The van der Waals surface area contributed by atoms with Gasteiger partial charge in [-0.2, -0.15) is 0 Å². The number of anilines is 1. The van der Waals surface area contributed by atoms with E-state index < -0.39 is 10.0 Å². The molecule has 6 heteroatoms. The third-order valence-electron chi connectivity index (χ3n) is 5.76. The molecule has 4 rings (SSSR count). The average Bonchev–Trinajstić information content (AvgIpc) is 3.27. The zero-order valence-corrected chi connectivity index (χ0v) is 16.1.